The van der Waals surface area contributed by atoms with E-state index in [1.54, 1.807) is 6.07 Å². The lowest BCUT2D eigenvalue weighted by atomic mass is 10.2. The fourth-order valence-corrected chi connectivity index (χ4v) is 3.26. The molecule has 2 nitrogen and oxygen atoms in total. The van der Waals surface area contributed by atoms with Gasteiger partial charge in [-0.2, -0.15) is 0 Å². The summed E-state index contributed by atoms with van der Waals surface area (Å²) in [5, 5.41) is 4.65. The molecule has 1 heterocycles. The second kappa shape index (κ2) is 5.51. The Morgan fingerprint density at radius 2 is 1.90 bits per heavy atom. The highest BCUT2D eigenvalue weighted by Gasteiger charge is 2.11. The van der Waals surface area contributed by atoms with Crippen molar-refractivity contribution in [1.82, 2.24) is 0 Å². The molecule has 1 aromatic heterocycles. The van der Waals surface area contributed by atoms with E-state index < -0.39 is 0 Å². The molecule has 1 amide bonds. The topological polar surface area (TPSA) is 29.1 Å². The van der Waals surface area contributed by atoms with E-state index >= 15 is 0 Å². The summed E-state index contributed by atoms with van der Waals surface area (Å²) in [5.41, 5.74) is 2.90. The Balaban J connectivity index is 1.87. The molecule has 106 valence electrons. The van der Waals surface area contributed by atoms with Crippen LogP contribution in [-0.4, -0.2) is 5.91 Å². The van der Waals surface area contributed by atoms with Crippen LogP contribution in [-0.2, 0) is 0 Å². The average Bonchev–Trinajstić information content (AvgIpc) is 2.86. The molecule has 0 saturated carbocycles. The van der Waals surface area contributed by atoms with Crippen LogP contribution in [0.4, 0.5) is 5.69 Å². The van der Waals surface area contributed by atoms with Crippen molar-refractivity contribution in [2.45, 2.75) is 13.8 Å². The second-order valence-electron chi connectivity index (χ2n) is 5.07. The van der Waals surface area contributed by atoms with E-state index in [1.807, 2.05) is 32.0 Å². The number of rotatable bonds is 2. The lowest BCUT2D eigenvalue weighted by molar-refractivity contribution is 0.103. The zero-order valence-corrected chi connectivity index (χ0v) is 13.3. The number of hydrogen-bond donors (Lipinski definition) is 1. The van der Waals surface area contributed by atoms with Crippen molar-refractivity contribution in [3.63, 3.8) is 0 Å². The quantitative estimate of drug-likeness (QED) is 0.671. The van der Waals surface area contributed by atoms with Crippen molar-refractivity contribution < 1.29 is 4.79 Å². The number of anilines is 1. The van der Waals surface area contributed by atoms with Crippen LogP contribution in [0, 0.1) is 13.8 Å². The maximum atomic E-state index is 12.3. The predicted octanol–water partition coefficient (Wildman–Crippen LogP) is 5.42. The van der Waals surface area contributed by atoms with Gasteiger partial charge in [-0.1, -0.05) is 35.4 Å². The number of aryl methyl sites for hydroxylation is 2. The number of nitrogens with one attached hydrogen (secondary N) is 1. The zero-order valence-electron chi connectivity index (χ0n) is 11.7. The number of benzene rings is 2. The molecule has 0 unspecified atom stereocenters. The summed E-state index contributed by atoms with van der Waals surface area (Å²) in [5.74, 6) is -0.103. The molecule has 4 heteroatoms. The summed E-state index contributed by atoms with van der Waals surface area (Å²) >= 11 is 7.57. The number of carbonyl (C=O) groups is 1. The molecule has 0 saturated heterocycles. The third kappa shape index (κ3) is 2.94. The highest BCUT2D eigenvalue weighted by atomic mass is 35.5. The lowest BCUT2D eigenvalue weighted by Crippen LogP contribution is -2.09. The Labute approximate surface area is 132 Å². The summed E-state index contributed by atoms with van der Waals surface area (Å²) in [6, 6.07) is 13.6. The van der Waals surface area contributed by atoms with Gasteiger partial charge in [0, 0.05) is 15.4 Å². The van der Waals surface area contributed by atoms with E-state index in [0.29, 0.717) is 15.6 Å². The minimum Gasteiger partial charge on any atom is -0.321 e. The molecular weight excluding hydrogens is 302 g/mol. The molecule has 0 aliphatic carbocycles. The Kier molecular flexibility index (Phi) is 3.70. The largest absolute Gasteiger partial charge is 0.321 e. The standard InChI is InChI=1S/C17H14ClNOS/c1-10-3-6-15-12(7-10)8-16(21-15)17(20)19-13-5-4-11(2)14(18)9-13/h3-9H,1-2H3,(H,19,20). The molecule has 0 fully saturated rings. The third-order valence-electron chi connectivity index (χ3n) is 3.33. The second-order valence-corrected chi connectivity index (χ2v) is 6.56. The molecule has 0 aliphatic rings. The van der Waals surface area contributed by atoms with Gasteiger partial charge >= 0.3 is 0 Å². The summed E-state index contributed by atoms with van der Waals surface area (Å²) < 4.78 is 1.12. The SMILES string of the molecule is Cc1ccc2sc(C(=O)Nc3ccc(C)c(Cl)c3)cc2c1. The van der Waals surface area contributed by atoms with Crippen molar-refractivity contribution in [2.24, 2.45) is 0 Å². The predicted molar refractivity (Wildman–Crippen MR) is 90.7 cm³/mol. The maximum absolute atomic E-state index is 12.3. The van der Waals surface area contributed by atoms with E-state index in [2.05, 4.69) is 23.5 Å². The number of amides is 1. The van der Waals surface area contributed by atoms with Crippen molar-refractivity contribution in [2.75, 3.05) is 5.32 Å². The third-order valence-corrected chi connectivity index (χ3v) is 4.85. The molecule has 1 N–H and O–H groups in total. The fraction of sp³-hybridized carbons (Fsp3) is 0.118. The van der Waals surface area contributed by atoms with Crippen LogP contribution in [0.15, 0.2) is 42.5 Å². The zero-order chi connectivity index (χ0) is 15.0. The van der Waals surface area contributed by atoms with Crippen LogP contribution in [0.3, 0.4) is 0 Å². The Hall–Kier alpha value is -1.84. The van der Waals surface area contributed by atoms with Gasteiger partial charge in [-0.3, -0.25) is 4.79 Å². The van der Waals surface area contributed by atoms with Gasteiger partial charge in [0.05, 0.1) is 4.88 Å². The lowest BCUT2D eigenvalue weighted by Gasteiger charge is -2.05. The van der Waals surface area contributed by atoms with Gasteiger partial charge in [-0.05, 0) is 49.1 Å². The summed E-state index contributed by atoms with van der Waals surface area (Å²) in [6.45, 7) is 3.98. The van der Waals surface area contributed by atoms with Gasteiger partial charge in [0.15, 0.2) is 0 Å². The van der Waals surface area contributed by atoms with Crippen LogP contribution in [0.5, 0.6) is 0 Å². The van der Waals surface area contributed by atoms with Crippen molar-refractivity contribution in [3.8, 4) is 0 Å². The van der Waals surface area contributed by atoms with Gasteiger partial charge in [0.25, 0.3) is 5.91 Å². The van der Waals surface area contributed by atoms with E-state index in [-0.39, 0.29) is 5.91 Å². The van der Waals surface area contributed by atoms with Crippen molar-refractivity contribution >= 4 is 44.6 Å². The highest BCUT2D eigenvalue weighted by Crippen LogP contribution is 2.27. The molecule has 0 aliphatic heterocycles. The molecule has 3 aromatic rings. The summed E-state index contributed by atoms with van der Waals surface area (Å²) in [4.78, 5) is 13.0. The monoisotopic (exact) mass is 315 g/mol. The van der Waals surface area contributed by atoms with E-state index in [4.69, 9.17) is 11.6 Å². The Morgan fingerprint density at radius 1 is 1.10 bits per heavy atom. The van der Waals surface area contributed by atoms with Crippen molar-refractivity contribution in [3.05, 3.63) is 63.5 Å². The van der Waals surface area contributed by atoms with Crippen LogP contribution >= 0.6 is 22.9 Å². The van der Waals surface area contributed by atoms with Gasteiger partial charge in [0.2, 0.25) is 0 Å². The first-order chi connectivity index (χ1) is 10.0. The minimum atomic E-state index is -0.103. The van der Waals surface area contributed by atoms with E-state index in [1.165, 1.54) is 16.9 Å². The van der Waals surface area contributed by atoms with E-state index in [9.17, 15) is 4.79 Å². The minimum absolute atomic E-state index is 0.103. The fourth-order valence-electron chi connectivity index (χ4n) is 2.14. The van der Waals surface area contributed by atoms with Gasteiger partial charge in [-0.25, -0.2) is 0 Å². The number of hydrogen-bond acceptors (Lipinski definition) is 2. The Morgan fingerprint density at radius 3 is 2.67 bits per heavy atom. The summed E-state index contributed by atoms with van der Waals surface area (Å²) in [6.07, 6.45) is 0. The first-order valence-corrected chi connectivity index (χ1v) is 7.80. The van der Waals surface area contributed by atoms with Gasteiger partial charge in [-0.15, -0.1) is 11.3 Å². The normalized spacial score (nSPS) is 10.8. The van der Waals surface area contributed by atoms with Crippen LogP contribution in [0.25, 0.3) is 10.1 Å². The molecule has 0 radical (unpaired) electrons. The van der Waals surface area contributed by atoms with E-state index in [0.717, 1.165) is 15.6 Å². The van der Waals surface area contributed by atoms with Crippen molar-refractivity contribution in [1.29, 1.82) is 0 Å². The molecule has 2 aromatic carbocycles. The smallest absolute Gasteiger partial charge is 0.265 e. The first-order valence-electron chi connectivity index (χ1n) is 6.60. The average molecular weight is 316 g/mol. The van der Waals surface area contributed by atoms with Crippen LogP contribution in [0.2, 0.25) is 5.02 Å². The van der Waals surface area contributed by atoms with Gasteiger partial charge < -0.3 is 5.32 Å². The van der Waals surface area contributed by atoms with Gasteiger partial charge in [0.1, 0.15) is 0 Å². The first kappa shape index (κ1) is 14.1. The number of fused-ring (bicyclic) bond motifs is 1. The Bertz CT molecular complexity index is 838. The maximum Gasteiger partial charge on any atom is 0.265 e. The molecule has 0 atom stereocenters. The van der Waals surface area contributed by atoms with Crippen LogP contribution < -0.4 is 5.32 Å². The number of halogens is 1. The van der Waals surface area contributed by atoms with Crippen LogP contribution in [0.1, 0.15) is 20.8 Å². The number of thiophene rings is 1. The highest BCUT2D eigenvalue weighted by molar-refractivity contribution is 7.20. The molecule has 3 rings (SSSR count). The molecule has 0 spiro atoms. The molecule has 0 bridgehead atoms. The molecule has 21 heavy (non-hydrogen) atoms. The summed E-state index contributed by atoms with van der Waals surface area (Å²) in [7, 11) is 0. The molecular formula is C17H14ClNOS. The number of carbonyl (C=O) groups excluding carboxylic acids is 1.